The van der Waals surface area contributed by atoms with E-state index in [0.29, 0.717) is 17.8 Å². The number of likely N-dealkylation sites (N-methyl/N-ethyl adjacent to an activating group) is 1. The molecule has 5 nitrogen and oxygen atoms in total. The fraction of sp³-hybridized carbons (Fsp3) is 0.500. The van der Waals surface area contributed by atoms with Crippen LogP contribution >= 0.6 is 0 Å². The van der Waals surface area contributed by atoms with Crippen molar-refractivity contribution in [3.63, 3.8) is 0 Å². The van der Waals surface area contributed by atoms with Crippen LogP contribution in [0.2, 0.25) is 0 Å². The van der Waals surface area contributed by atoms with Gasteiger partial charge >= 0.3 is 0 Å². The molecule has 1 aliphatic carbocycles. The zero-order valence-corrected chi connectivity index (χ0v) is 12.2. The van der Waals surface area contributed by atoms with Gasteiger partial charge in [0.25, 0.3) is 0 Å². The van der Waals surface area contributed by atoms with E-state index in [0.717, 1.165) is 24.6 Å². The lowest BCUT2D eigenvalue weighted by Gasteiger charge is -2.23. The molecule has 1 aliphatic rings. The van der Waals surface area contributed by atoms with E-state index in [4.69, 9.17) is 4.52 Å². The molecule has 1 N–H and O–H groups in total. The SMILES string of the molecule is CN(CC1CCCC1O)C(=O)Cc1noc2ccccc12. The molecule has 1 amide bonds. The number of nitrogens with zero attached hydrogens (tertiary/aromatic N) is 2. The zero-order chi connectivity index (χ0) is 14.8. The lowest BCUT2D eigenvalue weighted by molar-refractivity contribution is -0.130. The van der Waals surface area contributed by atoms with Gasteiger partial charge in [0.05, 0.1) is 12.5 Å². The van der Waals surface area contributed by atoms with E-state index in [1.165, 1.54) is 0 Å². The minimum Gasteiger partial charge on any atom is -0.393 e. The Kier molecular flexibility index (Phi) is 3.92. The van der Waals surface area contributed by atoms with Gasteiger partial charge in [-0.1, -0.05) is 23.7 Å². The summed E-state index contributed by atoms with van der Waals surface area (Å²) in [6.07, 6.45) is 2.85. The van der Waals surface area contributed by atoms with Crippen molar-refractivity contribution in [2.24, 2.45) is 5.92 Å². The predicted octanol–water partition coefficient (Wildman–Crippen LogP) is 1.99. The molecule has 2 unspecified atom stereocenters. The molecular formula is C16H20N2O3. The Morgan fingerprint density at radius 2 is 2.24 bits per heavy atom. The lowest BCUT2D eigenvalue weighted by Crippen LogP contribution is -2.35. The largest absolute Gasteiger partial charge is 0.393 e. The van der Waals surface area contributed by atoms with Gasteiger partial charge in [-0.25, -0.2) is 0 Å². The smallest absolute Gasteiger partial charge is 0.228 e. The Labute approximate surface area is 123 Å². The quantitative estimate of drug-likeness (QED) is 0.934. The summed E-state index contributed by atoms with van der Waals surface area (Å²) in [5.41, 5.74) is 1.38. The molecule has 1 aromatic heterocycles. The molecule has 5 heteroatoms. The molecule has 1 fully saturated rings. The number of para-hydroxylation sites is 1. The normalized spacial score (nSPS) is 21.8. The number of rotatable bonds is 4. The van der Waals surface area contributed by atoms with E-state index in [-0.39, 0.29) is 24.3 Å². The second-order valence-electron chi connectivity index (χ2n) is 5.83. The standard InChI is InChI=1S/C16H20N2O3/c1-18(10-11-5-4-7-14(11)19)16(20)9-13-12-6-2-3-8-15(12)21-17-13/h2-3,6,8,11,14,19H,4-5,7,9-10H2,1H3. The molecule has 21 heavy (non-hydrogen) atoms. The molecular weight excluding hydrogens is 268 g/mol. The van der Waals surface area contributed by atoms with Crippen molar-refractivity contribution in [3.05, 3.63) is 30.0 Å². The first-order valence-electron chi connectivity index (χ1n) is 7.40. The molecule has 3 rings (SSSR count). The summed E-state index contributed by atoms with van der Waals surface area (Å²) in [6, 6.07) is 7.54. The molecule has 112 valence electrons. The van der Waals surface area contributed by atoms with Crippen LogP contribution in [0.15, 0.2) is 28.8 Å². The molecule has 0 aliphatic heterocycles. The number of hydrogen-bond donors (Lipinski definition) is 1. The first kappa shape index (κ1) is 14.1. The third-order valence-corrected chi connectivity index (χ3v) is 4.32. The average molecular weight is 288 g/mol. The number of carbonyl (C=O) groups excluding carboxylic acids is 1. The van der Waals surface area contributed by atoms with E-state index in [1.807, 2.05) is 24.3 Å². The minimum absolute atomic E-state index is 0.00755. The topological polar surface area (TPSA) is 66.6 Å². The van der Waals surface area contributed by atoms with Crippen LogP contribution in [0, 0.1) is 5.92 Å². The summed E-state index contributed by atoms with van der Waals surface area (Å²) in [7, 11) is 1.79. The van der Waals surface area contributed by atoms with Crippen LogP contribution in [0.5, 0.6) is 0 Å². The van der Waals surface area contributed by atoms with E-state index < -0.39 is 0 Å². The summed E-state index contributed by atoms with van der Waals surface area (Å²) in [5, 5.41) is 14.7. The third kappa shape index (κ3) is 2.93. The number of amides is 1. The lowest BCUT2D eigenvalue weighted by atomic mass is 10.1. The molecule has 0 saturated heterocycles. The number of aliphatic hydroxyl groups excluding tert-OH is 1. The van der Waals surface area contributed by atoms with E-state index >= 15 is 0 Å². The van der Waals surface area contributed by atoms with Gasteiger partial charge in [0.2, 0.25) is 5.91 Å². The number of hydrogen-bond acceptors (Lipinski definition) is 4. The molecule has 1 heterocycles. The molecule has 2 aromatic rings. The molecule has 1 aromatic carbocycles. The maximum atomic E-state index is 12.3. The van der Waals surface area contributed by atoms with Crippen molar-refractivity contribution >= 4 is 16.9 Å². The number of carbonyl (C=O) groups is 1. The Morgan fingerprint density at radius 3 is 3.00 bits per heavy atom. The van der Waals surface area contributed by atoms with Crippen LogP contribution in [0.4, 0.5) is 0 Å². The van der Waals surface area contributed by atoms with Crippen LogP contribution in [-0.4, -0.2) is 40.8 Å². The number of benzene rings is 1. The highest BCUT2D eigenvalue weighted by atomic mass is 16.5. The molecule has 0 spiro atoms. The third-order valence-electron chi connectivity index (χ3n) is 4.32. The van der Waals surface area contributed by atoms with Crippen LogP contribution in [0.1, 0.15) is 25.0 Å². The average Bonchev–Trinajstić information content (AvgIpc) is 3.07. The van der Waals surface area contributed by atoms with Crippen LogP contribution < -0.4 is 0 Å². The Balaban J connectivity index is 1.65. The fourth-order valence-corrected chi connectivity index (χ4v) is 3.03. The summed E-state index contributed by atoms with van der Waals surface area (Å²) in [5.74, 6) is 0.209. The number of fused-ring (bicyclic) bond motifs is 1. The second-order valence-corrected chi connectivity index (χ2v) is 5.83. The Hall–Kier alpha value is -1.88. The molecule has 0 bridgehead atoms. The first-order valence-corrected chi connectivity index (χ1v) is 7.40. The van der Waals surface area contributed by atoms with Gasteiger partial charge in [0.15, 0.2) is 5.58 Å². The van der Waals surface area contributed by atoms with Crippen LogP contribution in [0.25, 0.3) is 11.0 Å². The zero-order valence-electron chi connectivity index (χ0n) is 12.2. The van der Waals surface area contributed by atoms with Crippen molar-refractivity contribution in [2.45, 2.75) is 31.8 Å². The van der Waals surface area contributed by atoms with Gasteiger partial charge in [-0.3, -0.25) is 4.79 Å². The monoisotopic (exact) mass is 288 g/mol. The van der Waals surface area contributed by atoms with Crippen LogP contribution in [-0.2, 0) is 11.2 Å². The van der Waals surface area contributed by atoms with Gasteiger partial charge in [-0.15, -0.1) is 0 Å². The summed E-state index contributed by atoms with van der Waals surface area (Å²) >= 11 is 0. The van der Waals surface area contributed by atoms with Crippen molar-refractivity contribution in [1.29, 1.82) is 0 Å². The highest BCUT2D eigenvalue weighted by Gasteiger charge is 2.27. The highest BCUT2D eigenvalue weighted by molar-refractivity contribution is 5.86. The summed E-state index contributed by atoms with van der Waals surface area (Å²) in [6.45, 7) is 0.607. The second kappa shape index (κ2) is 5.85. The van der Waals surface area contributed by atoms with Gasteiger partial charge in [-0.05, 0) is 25.0 Å². The Bertz CT molecular complexity index is 637. The van der Waals surface area contributed by atoms with Gasteiger partial charge in [0.1, 0.15) is 5.69 Å². The van der Waals surface area contributed by atoms with Crippen molar-refractivity contribution < 1.29 is 14.4 Å². The van der Waals surface area contributed by atoms with Gasteiger partial charge in [-0.2, -0.15) is 0 Å². The van der Waals surface area contributed by atoms with E-state index in [9.17, 15) is 9.90 Å². The highest BCUT2D eigenvalue weighted by Crippen LogP contribution is 2.26. The van der Waals surface area contributed by atoms with Crippen molar-refractivity contribution in [2.75, 3.05) is 13.6 Å². The maximum Gasteiger partial charge on any atom is 0.228 e. The van der Waals surface area contributed by atoms with E-state index in [2.05, 4.69) is 5.16 Å². The maximum absolute atomic E-state index is 12.3. The molecule has 0 radical (unpaired) electrons. The minimum atomic E-state index is -0.270. The Morgan fingerprint density at radius 1 is 1.43 bits per heavy atom. The van der Waals surface area contributed by atoms with Gasteiger partial charge in [0, 0.05) is 24.9 Å². The predicted molar refractivity (Wildman–Crippen MR) is 78.7 cm³/mol. The first-order chi connectivity index (χ1) is 10.1. The molecule has 2 atom stereocenters. The number of aliphatic hydroxyl groups is 1. The fourth-order valence-electron chi connectivity index (χ4n) is 3.03. The summed E-state index contributed by atoms with van der Waals surface area (Å²) < 4.78 is 5.22. The van der Waals surface area contributed by atoms with E-state index in [1.54, 1.807) is 11.9 Å². The molecule has 1 saturated carbocycles. The van der Waals surface area contributed by atoms with Crippen molar-refractivity contribution in [1.82, 2.24) is 10.1 Å². The number of aromatic nitrogens is 1. The van der Waals surface area contributed by atoms with Crippen LogP contribution in [0.3, 0.4) is 0 Å². The summed E-state index contributed by atoms with van der Waals surface area (Å²) in [4.78, 5) is 14.0. The van der Waals surface area contributed by atoms with Crippen molar-refractivity contribution in [3.8, 4) is 0 Å². The van der Waals surface area contributed by atoms with Gasteiger partial charge < -0.3 is 14.5 Å².